The number of ether oxygens (including phenoxy) is 3. The number of carbonyl (C=O) groups excluding carboxylic acids is 1. The maximum Gasteiger partial charge on any atom is 0.276 e. The van der Waals surface area contributed by atoms with Gasteiger partial charge in [0.05, 0.1) is 13.7 Å². The first kappa shape index (κ1) is 20.7. The first-order chi connectivity index (χ1) is 12.0. The normalized spacial score (nSPS) is 11.7. The Morgan fingerprint density at radius 3 is 2.68 bits per heavy atom. The highest BCUT2D eigenvalue weighted by Crippen LogP contribution is 2.28. The molecule has 0 saturated carbocycles. The number of hydrazine groups is 1. The molecule has 1 aromatic carbocycles. The number of rotatable bonds is 8. The van der Waals surface area contributed by atoms with Crippen LogP contribution in [0.3, 0.4) is 0 Å². The van der Waals surface area contributed by atoms with Crippen LogP contribution in [0, 0.1) is 0 Å². The molecule has 8 heteroatoms. The van der Waals surface area contributed by atoms with Gasteiger partial charge in [-0.05, 0) is 43.8 Å². The molecule has 1 amide bonds. The predicted octanol–water partition coefficient (Wildman–Crippen LogP) is 1.64. The smallest absolute Gasteiger partial charge is 0.276 e. The molecule has 0 aliphatic carbocycles. The van der Waals surface area contributed by atoms with E-state index < -0.39 is 0 Å². The lowest BCUT2D eigenvalue weighted by molar-refractivity contribution is -0.123. The Hall–Kier alpha value is -2.32. The van der Waals surface area contributed by atoms with Gasteiger partial charge in [-0.2, -0.15) is 0 Å². The van der Waals surface area contributed by atoms with Crippen LogP contribution < -0.4 is 25.6 Å². The topological polar surface area (TPSA) is 80.9 Å². The zero-order valence-corrected chi connectivity index (χ0v) is 15.7. The highest BCUT2D eigenvalue weighted by Gasteiger charge is 2.09. The van der Waals surface area contributed by atoms with Gasteiger partial charge in [0.2, 0.25) is 0 Å². The maximum absolute atomic E-state index is 11.8. The predicted molar refractivity (Wildman–Crippen MR) is 102 cm³/mol. The minimum Gasteiger partial charge on any atom is -0.493 e. The fraction of sp³-hybridized carbons (Fsp3) is 0.412. The molecule has 1 atom stereocenters. The summed E-state index contributed by atoms with van der Waals surface area (Å²) in [6, 6.07) is 5.50. The van der Waals surface area contributed by atoms with Crippen LogP contribution in [0.25, 0.3) is 6.08 Å². The van der Waals surface area contributed by atoms with Gasteiger partial charge in [-0.1, -0.05) is 18.2 Å². The molecule has 0 aromatic heterocycles. The van der Waals surface area contributed by atoms with Gasteiger partial charge in [-0.25, -0.2) is 0 Å². The average Bonchev–Trinajstić information content (AvgIpc) is 2.59. The highest BCUT2D eigenvalue weighted by atomic mass is 32.1. The summed E-state index contributed by atoms with van der Waals surface area (Å²) in [5.74, 6) is 0.672. The second-order valence-electron chi connectivity index (χ2n) is 5.20. The number of carbonyl (C=O) groups is 1. The van der Waals surface area contributed by atoms with Crippen molar-refractivity contribution in [1.29, 1.82) is 0 Å². The van der Waals surface area contributed by atoms with Crippen LogP contribution in [0.4, 0.5) is 0 Å². The van der Waals surface area contributed by atoms with Gasteiger partial charge in [-0.3, -0.25) is 15.6 Å². The Balaban J connectivity index is 2.45. The molecule has 0 aliphatic rings. The van der Waals surface area contributed by atoms with Crippen molar-refractivity contribution in [1.82, 2.24) is 16.2 Å². The third kappa shape index (κ3) is 7.86. The van der Waals surface area contributed by atoms with Crippen LogP contribution in [0.15, 0.2) is 24.3 Å². The standard InChI is InChI=1S/C17H25N3O4S/c1-5-6-13-7-8-14(15(9-13)23-4)24-11-16(21)19-20-17(25)18-12(2)10-22-3/h5-9,12H,10-11H2,1-4H3,(H,19,21)(H2,18,20,25)/b6-5+/t12-/m1/s1. The van der Waals surface area contributed by atoms with Crippen molar-refractivity contribution >= 4 is 29.3 Å². The number of methoxy groups -OCH3 is 2. The van der Waals surface area contributed by atoms with Crippen molar-refractivity contribution in [3.05, 3.63) is 29.8 Å². The van der Waals surface area contributed by atoms with E-state index >= 15 is 0 Å². The second-order valence-corrected chi connectivity index (χ2v) is 5.61. The molecule has 0 radical (unpaired) electrons. The zero-order chi connectivity index (χ0) is 18.7. The fourth-order valence-electron chi connectivity index (χ4n) is 1.96. The van der Waals surface area contributed by atoms with E-state index in [4.69, 9.17) is 26.4 Å². The van der Waals surface area contributed by atoms with Gasteiger partial charge >= 0.3 is 0 Å². The molecule has 1 rings (SSSR count). The van der Waals surface area contributed by atoms with Crippen LogP contribution in [0.5, 0.6) is 11.5 Å². The lowest BCUT2D eigenvalue weighted by Crippen LogP contribution is -2.50. The SMILES string of the molecule is C/C=C/c1ccc(OCC(=O)NNC(=S)N[C@H](C)COC)c(OC)c1. The molecule has 0 heterocycles. The molecular formula is C17H25N3O4S. The number of benzene rings is 1. The summed E-state index contributed by atoms with van der Waals surface area (Å²) in [6.07, 6.45) is 3.88. The molecule has 3 N–H and O–H groups in total. The first-order valence-electron chi connectivity index (χ1n) is 7.78. The Morgan fingerprint density at radius 2 is 2.04 bits per heavy atom. The number of hydrogen-bond donors (Lipinski definition) is 3. The molecule has 0 aliphatic heterocycles. The van der Waals surface area contributed by atoms with Crippen LogP contribution in [-0.2, 0) is 9.53 Å². The molecule has 1 aromatic rings. The molecule has 0 fully saturated rings. The lowest BCUT2D eigenvalue weighted by atomic mass is 10.2. The van der Waals surface area contributed by atoms with Crippen LogP contribution >= 0.6 is 12.2 Å². The van der Waals surface area contributed by atoms with Crippen LogP contribution in [0.2, 0.25) is 0 Å². The van der Waals surface area contributed by atoms with Crippen LogP contribution in [0.1, 0.15) is 19.4 Å². The maximum atomic E-state index is 11.8. The van der Waals surface area contributed by atoms with Gasteiger partial charge in [0.25, 0.3) is 5.91 Å². The summed E-state index contributed by atoms with van der Waals surface area (Å²) in [6.45, 7) is 4.17. The zero-order valence-electron chi connectivity index (χ0n) is 14.9. The van der Waals surface area contributed by atoms with Crippen LogP contribution in [-0.4, -0.2) is 44.5 Å². The molecular weight excluding hydrogens is 342 g/mol. The lowest BCUT2D eigenvalue weighted by Gasteiger charge is -2.16. The first-order valence-corrected chi connectivity index (χ1v) is 8.18. The quantitative estimate of drug-likeness (QED) is 0.476. The number of hydrogen-bond acceptors (Lipinski definition) is 5. The van der Waals surface area contributed by atoms with Gasteiger partial charge in [-0.15, -0.1) is 0 Å². The van der Waals surface area contributed by atoms with E-state index in [1.54, 1.807) is 20.3 Å². The molecule has 0 bridgehead atoms. The fourth-order valence-corrected chi connectivity index (χ4v) is 2.21. The molecule has 25 heavy (non-hydrogen) atoms. The molecule has 138 valence electrons. The van der Waals surface area contributed by atoms with Crippen molar-refractivity contribution < 1.29 is 19.0 Å². The minimum absolute atomic E-state index is 0.0260. The Morgan fingerprint density at radius 1 is 1.28 bits per heavy atom. The van der Waals surface area contributed by atoms with Crippen molar-refractivity contribution in [3.8, 4) is 11.5 Å². The Bertz CT molecular complexity index is 608. The number of amides is 1. The summed E-state index contributed by atoms with van der Waals surface area (Å²) in [5.41, 5.74) is 6.05. The summed E-state index contributed by atoms with van der Waals surface area (Å²) >= 11 is 5.06. The van der Waals surface area contributed by atoms with Crippen molar-refractivity contribution in [2.24, 2.45) is 0 Å². The number of nitrogens with one attached hydrogen (secondary N) is 3. The van der Waals surface area contributed by atoms with Crippen molar-refractivity contribution in [3.63, 3.8) is 0 Å². The summed E-state index contributed by atoms with van der Waals surface area (Å²) in [7, 11) is 3.15. The molecule has 0 unspecified atom stereocenters. The molecule has 0 spiro atoms. The van der Waals surface area contributed by atoms with Crippen molar-refractivity contribution in [2.75, 3.05) is 27.4 Å². The van der Waals surface area contributed by atoms with E-state index in [1.165, 1.54) is 0 Å². The second kappa shape index (κ2) is 11.3. The van der Waals surface area contributed by atoms with E-state index in [2.05, 4.69) is 16.2 Å². The minimum atomic E-state index is -0.372. The van der Waals surface area contributed by atoms with Gasteiger partial charge < -0.3 is 19.5 Å². The average molecular weight is 367 g/mol. The monoisotopic (exact) mass is 367 g/mol. The highest BCUT2D eigenvalue weighted by molar-refractivity contribution is 7.80. The van der Waals surface area contributed by atoms with Gasteiger partial charge in [0, 0.05) is 13.2 Å². The summed E-state index contributed by atoms with van der Waals surface area (Å²) < 4.78 is 15.8. The molecule has 0 saturated heterocycles. The third-order valence-electron chi connectivity index (χ3n) is 3.02. The Kier molecular flexibility index (Phi) is 9.34. The van der Waals surface area contributed by atoms with E-state index in [0.29, 0.717) is 23.2 Å². The van der Waals surface area contributed by atoms with E-state index in [1.807, 2.05) is 38.1 Å². The van der Waals surface area contributed by atoms with Gasteiger partial charge in [0.15, 0.2) is 23.2 Å². The summed E-state index contributed by atoms with van der Waals surface area (Å²) in [5, 5.41) is 3.26. The molecule has 7 nitrogen and oxygen atoms in total. The Labute approximate surface area is 153 Å². The van der Waals surface area contributed by atoms with Gasteiger partial charge in [0.1, 0.15) is 0 Å². The largest absolute Gasteiger partial charge is 0.493 e. The van der Waals surface area contributed by atoms with E-state index in [-0.39, 0.29) is 18.6 Å². The number of allylic oxidation sites excluding steroid dienone is 1. The van der Waals surface area contributed by atoms with E-state index in [0.717, 1.165) is 5.56 Å². The summed E-state index contributed by atoms with van der Waals surface area (Å²) in [4.78, 5) is 11.8. The van der Waals surface area contributed by atoms with E-state index in [9.17, 15) is 4.79 Å². The number of thiocarbonyl (C=S) groups is 1. The third-order valence-corrected chi connectivity index (χ3v) is 3.24. The van der Waals surface area contributed by atoms with Crippen molar-refractivity contribution in [2.45, 2.75) is 19.9 Å².